The Morgan fingerprint density at radius 2 is 1.71 bits per heavy atom. The van der Waals surface area contributed by atoms with Crippen LogP contribution in [-0.4, -0.2) is 68.7 Å². The molecule has 7 heteroatoms. The molecule has 0 atom stereocenters. The zero-order valence-electron chi connectivity index (χ0n) is 15.3. The highest BCUT2D eigenvalue weighted by Gasteiger charge is 2.26. The van der Waals surface area contributed by atoms with Crippen LogP contribution in [0.25, 0.3) is 0 Å². The number of carbonyl (C=O) groups excluding carboxylic acids is 2. The lowest BCUT2D eigenvalue weighted by atomic mass is 9.98. The number of nitrogens with zero attached hydrogens (tertiary/aromatic N) is 1. The molecule has 140 valence electrons. The molecule has 0 saturated carbocycles. The van der Waals surface area contributed by atoms with Gasteiger partial charge < -0.3 is 23.8 Å². The molecule has 0 radical (unpaired) electrons. The SMILES string of the molecule is CCOC(=O)COCCOCC1CCN(C(=O)OC(C)(C)C)CC1. The van der Waals surface area contributed by atoms with Gasteiger partial charge in [0.1, 0.15) is 12.2 Å². The van der Waals surface area contributed by atoms with Gasteiger partial charge in [0.25, 0.3) is 0 Å². The number of esters is 1. The predicted octanol–water partition coefficient (Wildman–Crippen LogP) is 2.23. The molecule has 1 heterocycles. The lowest BCUT2D eigenvalue weighted by Crippen LogP contribution is -2.42. The van der Waals surface area contributed by atoms with Crippen LogP contribution in [0.2, 0.25) is 0 Å². The minimum atomic E-state index is -0.458. The maximum atomic E-state index is 12.0. The molecule has 0 N–H and O–H groups in total. The molecule has 0 aromatic rings. The summed E-state index contributed by atoms with van der Waals surface area (Å²) in [6.07, 6.45) is 1.57. The monoisotopic (exact) mass is 345 g/mol. The van der Waals surface area contributed by atoms with E-state index < -0.39 is 5.60 Å². The lowest BCUT2D eigenvalue weighted by Gasteiger charge is -2.33. The Morgan fingerprint density at radius 1 is 1.08 bits per heavy atom. The van der Waals surface area contributed by atoms with Crippen molar-refractivity contribution in [2.75, 3.05) is 46.1 Å². The number of hydrogen-bond acceptors (Lipinski definition) is 6. The summed E-state index contributed by atoms with van der Waals surface area (Å²) in [4.78, 5) is 24.8. The molecule has 0 aromatic carbocycles. The van der Waals surface area contributed by atoms with Gasteiger partial charge in [0.05, 0.1) is 19.8 Å². The molecule has 1 aliphatic heterocycles. The first-order valence-corrected chi connectivity index (χ1v) is 8.61. The Hall–Kier alpha value is -1.34. The van der Waals surface area contributed by atoms with Crippen LogP contribution in [0.5, 0.6) is 0 Å². The van der Waals surface area contributed by atoms with E-state index in [1.807, 2.05) is 20.8 Å². The molecule has 0 aromatic heterocycles. The fraction of sp³-hybridized carbons (Fsp3) is 0.882. The summed E-state index contributed by atoms with van der Waals surface area (Å²) >= 11 is 0. The van der Waals surface area contributed by atoms with Gasteiger partial charge in [-0.25, -0.2) is 9.59 Å². The van der Waals surface area contributed by atoms with Gasteiger partial charge in [0.2, 0.25) is 0 Å². The lowest BCUT2D eigenvalue weighted by molar-refractivity contribution is -0.149. The fourth-order valence-corrected chi connectivity index (χ4v) is 2.33. The minimum Gasteiger partial charge on any atom is -0.464 e. The highest BCUT2D eigenvalue weighted by molar-refractivity contribution is 5.70. The first-order chi connectivity index (χ1) is 11.3. The van der Waals surface area contributed by atoms with Crippen LogP contribution >= 0.6 is 0 Å². The molecule has 1 saturated heterocycles. The largest absolute Gasteiger partial charge is 0.464 e. The third kappa shape index (κ3) is 9.08. The predicted molar refractivity (Wildman–Crippen MR) is 88.8 cm³/mol. The van der Waals surface area contributed by atoms with Crippen molar-refractivity contribution in [2.45, 2.75) is 46.1 Å². The number of hydrogen-bond donors (Lipinski definition) is 0. The average Bonchev–Trinajstić information content (AvgIpc) is 2.50. The van der Waals surface area contributed by atoms with E-state index in [-0.39, 0.29) is 18.7 Å². The maximum Gasteiger partial charge on any atom is 0.410 e. The van der Waals surface area contributed by atoms with Crippen molar-refractivity contribution in [2.24, 2.45) is 5.92 Å². The van der Waals surface area contributed by atoms with E-state index in [0.717, 1.165) is 12.8 Å². The number of likely N-dealkylation sites (tertiary alicyclic amines) is 1. The third-order valence-electron chi connectivity index (χ3n) is 3.52. The Kier molecular flexibility index (Phi) is 9.07. The summed E-state index contributed by atoms with van der Waals surface area (Å²) in [5.41, 5.74) is -0.458. The number of piperidine rings is 1. The molecule has 24 heavy (non-hydrogen) atoms. The smallest absolute Gasteiger partial charge is 0.410 e. The van der Waals surface area contributed by atoms with Crippen molar-refractivity contribution < 1.29 is 28.5 Å². The number of rotatable bonds is 8. The maximum absolute atomic E-state index is 12.0. The summed E-state index contributed by atoms with van der Waals surface area (Å²) in [6, 6.07) is 0. The van der Waals surface area contributed by atoms with Gasteiger partial charge in [-0.05, 0) is 46.5 Å². The molecule has 0 bridgehead atoms. The zero-order valence-corrected chi connectivity index (χ0v) is 15.3. The fourth-order valence-electron chi connectivity index (χ4n) is 2.33. The van der Waals surface area contributed by atoms with E-state index in [1.165, 1.54) is 0 Å². The summed E-state index contributed by atoms with van der Waals surface area (Å²) in [7, 11) is 0. The first-order valence-electron chi connectivity index (χ1n) is 8.61. The van der Waals surface area contributed by atoms with Crippen LogP contribution < -0.4 is 0 Å². The molecular weight excluding hydrogens is 314 g/mol. The van der Waals surface area contributed by atoms with Gasteiger partial charge in [-0.1, -0.05) is 0 Å². The van der Waals surface area contributed by atoms with Gasteiger partial charge in [-0.2, -0.15) is 0 Å². The molecule has 1 fully saturated rings. The van der Waals surface area contributed by atoms with Gasteiger partial charge in [0.15, 0.2) is 0 Å². The molecule has 1 aliphatic rings. The van der Waals surface area contributed by atoms with Crippen LogP contribution in [0.4, 0.5) is 4.79 Å². The van der Waals surface area contributed by atoms with Crippen molar-refractivity contribution in [3.05, 3.63) is 0 Å². The van der Waals surface area contributed by atoms with Crippen molar-refractivity contribution >= 4 is 12.1 Å². The van der Waals surface area contributed by atoms with Crippen molar-refractivity contribution in [1.29, 1.82) is 0 Å². The topological polar surface area (TPSA) is 74.3 Å². The molecule has 1 rings (SSSR count). The molecule has 1 amide bonds. The van der Waals surface area contributed by atoms with Crippen LogP contribution in [0, 0.1) is 5.92 Å². The van der Waals surface area contributed by atoms with E-state index in [0.29, 0.717) is 45.4 Å². The number of ether oxygens (including phenoxy) is 4. The van der Waals surface area contributed by atoms with Crippen LogP contribution in [0.15, 0.2) is 0 Å². The van der Waals surface area contributed by atoms with Crippen molar-refractivity contribution in [3.8, 4) is 0 Å². The average molecular weight is 345 g/mol. The highest BCUT2D eigenvalue weighted by Crippen LogP contribution is 2.19. The second-order valence-corrected chi connectivity index (χ2v) is 6.84. The Balaban J connectivity index is 2.06. The van der Waals surface area contributed by atoms with Crippen LogP contribution in [-0.2, 0) is 23.7 Å². The van der Waals surface area contributed by atoms with Gasteiger partial charge in [-0.3, -0.25) is 0 Å². The minimum absolute atomic E-state index is 0.0362. The van der Waals surface area contributed by atoms with E-state index >= 15 is 0 Å². The Labute approximate surface area is 144 Å². The number of amides is 1. The molecule has 0 aliphatic carbocycles. The summed E-state index contributed by atoms with van der Waals surface area (Å²) < 4.78 is 20.9. The third-order valence-corrected chi connectivity index (χ3v) is 3.52. The number of carbonyl (C=O) groups is 2. The zero-order chi connectivity index (χ0) is 18.0. The molecule has 7 nitrogen and oxygen atoms in total. The highest BCUT2D eigenvalue weighted by atomic mass is 16.6. The van der Waals surface area contributed by atoms with Gasteiger partial charge >= 0.3 is 12.1 Å². The summed E-state index contributed by atoms with van der Waals surface area (Å²) in [5, 5.41) is 0. The molecular formula is C17H31NO6. The summed E-state index contributed by atoms with van der Waals surface area (Å²) in [5.74, 6) is 0.0840. The van der Waals surface area contributed by atoms with E-state index in [9.17, 15) is 9.59 Å². The van der Waals surface area contributed by atoms with E-state index in [4.69, 9.17) is 18.9 Å². The van der Waals surface area contributed by atoms with E-state index in [1.54, 1.807) is 11.8 Å². The quantitative estimate of drug-likeness (QED) is 0.496. The van der Waals surface area contributed by atoms with Gasteiger partial charge in [0, 0.05) is 19.7 Å². The van der Waals surface area contributed by atoms with E-state index in [2.05, 4.69) is 0 Å². The summed E-state index contributed by atoms with van der Waals surface area (Å²) in [6.45, 7) is 10.6. The van der Waals surface area contributed by atoms with Crippen LogP contribution in [0.1, 0.15) is 40.5 Å². The normalized spacial score (nSPS) is 16.1. The van der Waals surface area contributed by atoms with Crippen molar-refractivity contribution in [3.63, 3.8) is 0 Å². The standard InChI is InChI=1S/C17H31NO6/c1-5-23-15(19)13-22-11-10-21-12-14-6-8-18(9-7-14)16(20)24-17(2,3)4/h14H,5-13H2,1-4H3. The Bertz CT molecular complexity index is 385. The van der Waals surface area contributed by atoms with Crippen molar-refractivity contribution in [1.82, 2.24) is 4.90 Å². The van der Waals surface area contributed by atoms with Crippen LogP contribution in [0.3, 0.4) is 0 Å². The van der Waals surface area contributed by atoms with Gasteiger partial charge in [-0.15, -0.1) is 0 Å². The molecule has 0 spiro atoms. The second kappa shape index (κ2) is 10.5. The second-order valence-electron chi connectivity index (χ2n) is 6.84. The molecule has 0 unspecified atom stereocenters. The first kappa shape index (κ1) is 20.7. The Morgan fingerprint density at radius 3 is 2.29 bits per heavy atom.